The maximum atomic E-state index is 13.2. The summed E-state index contributed by atoms with van der Waals surface area (Å²) < 4.78 is 35.3. The molecule has 0 N–H and O–H groups in total. The van der Waals surface area contributed by atoms with Gasteiger partial charge in [-0.2, -0.15) is 0 Å². The average Bonchev–Trinajstić information content (AvgIpc) is 3.10. The number of rotatable bonds is 4. The second-order valence-corrected chi connectivity index (χ2v) is 13.1. The molecule has 170 valence electrons. The summed E-state index contributed by atoms with van der Waals surface area (Å²) in [5.41, 5.74) is 0.128. The fourth-order valence-corrected chi connectivity index (χ4v) is 7.62. The van der Waals surface area contributed by atoms with Gasteiger partial charge in [0.25, 0.3) is 0 Å². The second kappa shape index (κ2) is 7.31. The van der Waals surface area contributed by atoms with E-state index in [4.69, 9.17) is 14.5 Å². The molecule has 3 aliphatic rings. The highest BCUT2D eigenvalue weighted by Gasteiger charge is 2.60. The standard InChI is InChI=1S/C22H35NO6S/c1-20(2,3)29-19(25)17(14-11-30(26,27)12-15(14)18(24)28-7)23-16-10-13-8-9-22(16,6)21(13,4)5/h13-15,17H,8-12H2,1-7H3/t13?,14-,15+,17-,22?/m0/s1. The summed E-state index contributed by atoms with van der Waals surface area (Å²) in [6.45, 7) is 12.0. The van der Waals surface area contributed by atoms with Crippen molar-refractivity contribution in [2.24, 2.45) is 33.6 Å². The van der Waals surface area contributed by atoms with Crippen LogP contribution < -0.4 is 0 Å². The number of carbonyl (C=O) groups is 2. The van der Waals surface area contributed by atoms with E-state index in [1.807, 2.05) is 0 Å². The lowest BCUT2D eigenvalue weighted by atomic mass is 9.70. The molecule has 0 amide bonds. The molecule has 3 fully saturated rings. The highest BCUT2D eigenvalue weighted by molar-refractivity contribution is 7.91. The Kier molecular flexibility index (Phi) is 5.66. The summed E-state index contributed by atoms with van der Waals surface area (Å²) in [6, 6.07) is -1.03. The molecule has 2 saturated carbocycles. The molecule has 1 aliphatic heterocycles. The monoisotopic (exact) mass is 441 g/mol. The molecule has 2 bridgehead atoms. The molecule has 0 spiro atoms. The molecule has 1 saturated heterocycles. The first-order valence-corrected chi connectivity index (χ1v) is 12.5. The molecule has 2 aliphatic carbocycles. The maximum Gasteiger partial charge on any atom is 0.331 e. The van der Waals surface area contributed by atoms with Crippen LogP contribution in [0.15, 0.2) is 4.99 Å². The predicted octanol–water partition coefficient (Wildman–Crippen LogP) is 2.82. The minimum atomic E-state index is -3.48. The van der Waals surface area contributed by atoms with Crippen molar-refractivity contribution in [1.82, 2.24) is 0 Å². The van der Waals surface area contributed by atoms with Crippen molar-refractivity contribution in [3.8, 4) is 0 Å². The second-order valence-electron chi connectivity index (χ2n) is 10.9. The predicted molar refractivity (Wildman–Crippen MR) is 114 cm³/mol. The fourth-order valence-electron chi connectivity index (χ4n) is 5.56. The van der Waals surface area contributed by atoms with Crippen molar-refractivity contribution in [3.05, 3.63) is 0 Å². The van der Waals surface area contributed by atoms with Gasteiger partial charge in [0.1, 0.15) is 5.60 Å². The van der Waals surface area contributed by atoms with E-state index >= 15 is 0 Å². The van der Waals surface area contributed by atoms with E-state index in [9.17, 15) is 18.0 Å². The zero-order valence-corrected chi connectivity index (χ0v) is 20.0. The number of hydrogen-bond acceptors (Lipinski definition) is 7. The van der Waals surface area contributed by atoms with Crippen LogP contribution in [0, 0.1) is 28.6 Å². The number of aliphatic imine (C=N–C) groups is 1. The summed E-state index contributed by atoms with van der Waals surface area (Å²) in [5.74, 6) is -2.98. The maximum absolute atomic E-state index is 13.2. The van der Waals surface area contributed by atoms with E-state index in [-0.39, 0.29) is 22.3 Å². The molecular formula is C22H35NO6S. The van der Waals surface area contributed by atoms with Gasteiger partial charge in [-0.15, -0.1) is 0 Å². The van der Waals surface area contributed by atoms with Gasteiger partial charge < -0.3 is 9.47 Å². The van der Waals surface area contributed by atoms with Crippen molar-refractivity contribution in [1.29, 1.82) is 0 Å². The largest absolute Gasteiger partial charge is 0.469 e. The third-order valence-corrected chi connectivity index (χ3v) is 9.52. The molecule has 0 aromatic carbocycles. The van der Waals surface area contributed by atoms with Gasteiger partial charge in [-0.25, -0.2) is 13.2 Å². The first-order chi connectivity index (χ1) is 13.6. The minimum Gasteiger partial charge on any atom is -0.469 e. The molecule has 0 radical (unpaired) electrons. The average molecular weight is 442 g/mol. The Balaban J connectivity index is 2.04. The molecule has 30 heavy (non-hydrogen) atoms. The van der Waals surface area contributed by atoms with Crippen LogP contribution in [0.25, 0.3) is 0 Å². The molecular weight excluding hydrogens is 406 g/mol. The van der Waals surface area contributed by atoms with Gasteiger partial charge in [-0.05, 0) is 51.4 Å². The van der Waals surface area contributed by atoms with Crippen LogP contribution in [0.2, 0.25) is 0 Å². The van der Waals surface area contributed by atoms with Crippen molar-refractivity contribution in [2.45, 2.75) is 72.4 Å². The lowest BCUT2D eigenvalue weighted by Crippen LogP contribution is -2.42. The smallest absolute Gasteiger partial charge is 0.331 e. The summed E-state index contributed by atoms with van der Waals surface area (Å²) in [5, 5.41) is 0. The number of carbonyl (C=O) groups excluding carboxylic acids is 2. The van der Waals surface area contributed by atoms with Gasteiger partial charge in [-0.3, -0.25) is 9.79 Å². The van der Waals surface area contributed by atoms with Crippen LogP contribution in [0.3, 0.4) is 0 Å². The van der Waals surface area contributed by atoms with Crippen LogP contribution in [-0.2, 0) is 28.9 Å². The lowest BCUT2D eigenvalue weighted by molar-refractivity contribution is -0.158. The first kappa shape index (κ1) is 23.2. The first-order valence-electron chi connectivity index (χ1n) is 10.7. The van der Waals surface area contributed by atoms with Crippen LogP contribution in [0.1, 0.15) is 60.8 Å². The number of ether oxygens (including phenoxy) is 2. The lowest BCUT2D eigenvalue weighted by Gasteiger charge is -2.35. The van der Waals surface area contributed by atoms with E-state index < -0.39 is 45.3 Å². The van der Waals surface area contributed by atoms with Gasteiger partial charge in [-0.1, -0.05) is 20.8 Å². The van der Waals surface area contributed by atoms with Crippen molar-refractivity contribution < 1.29 is 27.5 Å². The quantitative estimate of drug-likeness (QED) is 0.622. The van der Waals surface area contributed by atoms with Gasteiger partial charge in [0.05, 0.1) is 24.5 Å². The summed E-state index contributed by atoms with van der Waals surface area (Å²) in [7, 11) is -2.25. The molecule has 0 aromatic rings. The summed E-state index contributed by atoms with van der Waals surface area (Å²) in [6.07, 6.45) is 2.92. The zero-order chi connectivity index (χ0) is 22.7. The Hall–Kier alpha value is -1.44. The summed E-state index contributed by atoms with van der Waals surface area (Å²) in [4.78, 5) is 30.5. The van der Waals surface area contributed by atoms with Gasteiger partial charge >= 0.3 is 11.9 Å². The number of hydrogen-bond donors (Lipinski definition) is 0. The zero-order valence-electron chi connectivity index (χ0n) is 19.1. The molecule has 3 rings (SSSR count). The van der Waals surface area contributed by atoms with Crippen LogP contribution in [0.4, 0.5) is 0 Å². The van der Waals surface area contributed by atoms with E-state index in [0.717, 1.165) is 25.0 Å². The third kappa shape index (κ3) is 3.92. The Bertz CT molecular complexity index is 869. The molecule has 2 unspecified atom stereocenters. The number of nitrogens with zero attached hydrogens (tertiary/aromatic N) is 1. The van der Waals surface area contributed by atoms with Crippen molar-refractivity contribution in [2.75, 3.05) is 18.6 Å². The number of fused-ring (bicyclic) bond motifs is 2. The molecule has 0 aromatic heterocycles. The number of methoxy groups -OCH3 is 1. The third-order valence-electron chi connectivity index (χ3n) is 7.76. The number of esters is 2. The minimum absolute atomic E-state index is 0.0633. The number of sulfone groups is 1. The van der Waals surface area contributed by atoms with Crippen LogP contribution >= 0.6 is 0 Å². The van der Waals surface area contributed by atoms with Crippen LogP contribution in [-0.4, -0.2) is 56.3 Å². The molecule has 1 heterocycles. The SMILES string of the molecule is COC(=O)[C@@H]1CS(=O)(=O)C[C@@H]1[C@H](N=C1CC2CCC1(C)C2(C)C)C(=O)OC(C)(C)C. The van der Waals surface area contributed by atoms with Gasteiger partial charge in [0, 0.05) is 17.0 Å². The Morgan fingerprint density at radius 1 is 1.17 bits per heavy atom. The normalized spacial score (nSPS) is 36.6. The Labute approximate surface area is 179 Å². The Morgan fingerprint density at radius 2 is 1.80 bits per heavy atom. The van der Waals surface area contributed by atoms with E-state index in [2.05, 4.69) is 20.8 Å². The van der Waals surface area contributed by atoms with E-state index in [1.165, 1.54) is 7.11 Å². The van der Waals surface area contributed by atoms with Crippen molar-refractivity contribution in [3.63, 3.8) is 0 Å². The van der Waals surface area contributed by atoms with E-state index in [0.29, 0.717) is 5.92 Å². The van der Waals surface area contributed by atoms with Crippen molar-refractivity contribution >= 4 is 27.5 Å². The molecule has 7 nitrogen and oxygen atoms in total. The van der Waals surface area contributed by atoms with E-state index in [1.54, 1.807) is 20.8 Å². The highest BCUT2D eigenvalue weighted by Crippen LogP contribution is 2.64. The van der Waals surface area contributed by atoms with Gasteiger partial charge in [0.15, 0.2) is 15.9 Å². The van der Waals surface area contributed by atoms with Crippen LogP contribution in [0.5, 0.6) is 0 Å². The highest BCUT2D eigenvalue weighted by atomic mass is 32.2. The summed E-state index contributed by atoms with van der Waals surface area (Å²) >= 11 is 0. The topological polar surface area (TPSA) is 99.1 Å². The fraction of sp³-hybridized carbons (Fsp3) is 0.864. The molecule has 8 heteroatoms. The molecule has 5 atom stereocenters. The Morgan fingerprint density at radius 3 is 2.27 bits per heavy atom. The van der Waals surface area contributed by atoms with Gasteiger partial charge in [0.2, 0.25) is 0 Å².